The third-order valence-corrected chi connectivity index (χ3v) is 8.19. The predicted octanol–water partition coefficient (Wildman–Crippen LogP) is 5.54. The number of hydrogen-bond donors (Lipinski definition) is 2. The highest BCUT2D eigenvalue weighted by atomic mass is 32.2. The van der Waals surface area contributed by atoms with Crippen molar-refractivity contribution in [3.8, 4) is 11.6 Å². The van der Waals surface area contributed by atoms with E-state index in [1.54, 1.807) is 48.5 Å². The minimum atomic E-state index is -3.27. The van der Waals surface area contributed by atoms with E-state index in [2.05, 4.69) is 27.2 Å². The molecule has 2 heterocycles. The van der Waals surface area contributed by atoms with Gasteiger partial charge in [0.25, 0.3) is 0 Å². The van der Waals surface area contributed by atoms with Gasteiger partial charge in [0.15, 0.2) is 9.84 Å². The number of rotatable bonds is 9. The van der Waals surface area contributed by atoms with Crippen LogP contribution in [0.15, 0.2) is 77.5 Å². The summed E-state index contributed by atoms with van der Waals surface area (Å²) < 4.78 is 31.8. The molecule has 2 aromatic heterocycles. The van der Waals surface area contributed by atoms with Gasteiger partial charge in [0.1, 0.15) is 10.4 Å². The number of carbonyl (C=O) groups is 1. The zero-order chi connectivity index (χ0) is 24.4. The molecular weight excluding hydrogens is 484 g/mol. The Labute approximate surface area is 206 Å². The van der Waals surface area contributed by atoms with Gasteiger partial charge in [-0.2, -0.15) is 4.98 Å². The van der Waals surface area contributed by atoms with E-state index < -0.39 is 9.84 Å². The Morgan fingerprint density at radius 1 is 1.11 bits per heavy atom. The van der Waals surface area contributed by atoms with Crippen molar-refractivity contribution in [2.24, 2.45) is 5.92 Å². The average molecular weight is 507 g/mol. The first-order chi connectivity index (χ1) is 16.9. The first-order valence-corrected chi connectivity index (χ1v) is 13.5. The first kappa shape index (κ1) is 23.0. The summed E-state index contributed by atoms with van der Waals surface area (Å²) in [6, 6.07) is 15.4. The fraction of sp³-hybridized carbons (Fsp3) is 0.160. The monoisotopic (exact) mass is 506 g/mol. The van der Waals surface area contributed by atoms with Crippen molar-refractivity contribution in [2.45, 2.75) is 17.7 Å². The lowest BCUT2D eigenvalue weighted by atomic mass is 10.3. The van der Waals surface area contributed by atoms with Crippen LogP contribution in [0, 0.1) is 5.92 Å². The zero-order valence-corrected chi connectivity index (χ0v) is 20.2. The number of nitrogens with one attached hydrogen (secondary N) is 2. The second-order valence-electron chi connectivity index (χ2n) is 8.18. The Balaban J connectivity index is 1.37. The normalized spacial score (nSPS) is 13.4. The number of anilines is 3. The van der Waals surface area contributed by atoms with Gasteiger partial charge in [-0.3, -0.25) is 4.79 Å². The molecule has 0 radical (unpaired) electrons. The molecule has 0 unspecified atom stereocenters. The van der Waals surface area contributed by atoms with E-state index in [9.17, 15) is 13.2 Å². The van der Waals surface area contributed by atoms with E-state index >= 15 is 0 Å². The van der Waals surface area contributed by atoms with E-state index in [0.29, 0.717) is 45.3 Å². The molecule has 1 aliphatic rings. The summed E-state index contributed by atoms with van der Waals surface area (Å²) in [6.45, 7) is 3.45. The maximum atomic E-state index is 12.5. The Kier molecular flexibility index (Phi) is 6.23. The molecule has 2 aromatic carbocycles. The number of thiophene rings is 1. The van der Waals surface area contributed by atoms with Gasteiger partial charge >= 0.3 is 0 Å². The van der Waals surface area contributed by atoms with Crippen LogP contribution >= 0.6 is 11.3 Å². The first-order valence-electron chi connectivity index (χ1n) is 11.0. The molecule has 2 N–H and O–H groups in total. The molecular formula is C25H22N4O4S2. The lowest BCUT2D eigenvalue weighted by Crippen LogP contribution is -2.08. The van der Waals surface area contributed by atoms with Gasteiger partial charge in [-0.25, -0.2) is 13.4 Å². The van der Waals surface area contributed by atoms with Crippen LogP contribution in [-0.2, 0) is 14.6 Å². The number of ether oxygens (including phenoxy) is 1. The number of aromatic nitrogens is 2. The van der Waals surface area contributed by atoms with Crippen molar-refractivity contribution in [1.82, 2.24) is 9.97 Å². The third-order valence-electron chi connectivity index (χ3n) is 5.40. The van der Waals surface area contributed by atoms with Crippen LogP contribution in [0.2, 0.25) is 0 Å². The van der Waals surface area contributed by atoms with Gasteiger partial charge in [-0.15, -0.1) is 11.3 Å². The molecule has 178 valence electrons. The maximum Gasteiger partial charge on any atom is 0.247 e. The van der Waals surface area contributed by atoms with Crippen LogP contribution < -0.4 is 15.4 Å². The molecule has 1 amide bonds. The van der Waals surface area contributed by atoms with Crippen LogP contribution in [-0.4, -0.2) is 30.0 Å². The summed E-state index contributed by atoms with van der Waals surface area (Å²) in [6.07, 6.45) is 3.17. The van der Waals surface area contributed by atoms with Crippen LogP contribution in [0.3, 0.4) is 0 Å². The van der Waals surface area contributed by atoms with Gasteiger partial charge < -0.3 is 15.4 Å². The number of carbonyl (C=O) groups excluding carboxylic acids is 1. The van der Waals surface area contributed by atoms with E-state index in [0.717, 1.165) is 17.5 Å². The largest absolute Gasteiger partial charge is 0.437 e. The Hall–Kier alpha value is -3.76. The van der Waals surface area contributed by atoms with E-state index in [-0.39, 0.29) is 11.7 Å². The standard InChI is InChI=1S/C25H22N4O4S2/c1-2-22(30)26-18-4-3-5-19(14-18)33-24-23-21(12-13-34-23)28-25(29-24)27-17-8-10-20(11-9-17)35(31,32)15-16-6-7-16/h2-5,8-14,16H,1,6-7,15H2,(H,26,30)(H,27,28,29). The maximum absolute atomic E-state index is 12.5. The van der Waals surface area contributed by atoms with Crippen LogP contribution in [0.25, 0.3) is 10.2 Å². The van der Waals surface area contributed by atoms with Gasteiger partial charge in [-0.05, 0) is 72.7 Å². The summed E-state index contributed by atoms with van der Waals surface area (Å²) in [5, 5.41) is 7.73. The molecule has 4 aromatic rings. The van der Waals surface area contributed by atoms with Gasteiger partial charge in [-0.1, -0.05) is 12.6 Å². The smallest absolute Gasteiger partial charge is 0.247 e. The van der Waals surface area contributed by atoms with E-state index in [1.165, 1.54) is 17.4 Å². The highest BCUT2D eigenvalue weighted by molar-refractivity contribution is 7.91. The number of amides is 1. The molecule has 10 heteroatoms. The molecule has 8 nitrogen and oxygen atoms in total. The number of nitrogens with zero attached hydrogens (tertiary/aromatic N) is 2. The second-order valence-corrected chi connectivity index (χ2v) is 11.1. The summed E-state index contributed by atoms with van der Waals surface area (Å²) in [5.74, 6) is 1.36. The molecule has 1 saturated carbocycles. The Morgan fingerprint density at radius 2 is 1.91 bits per heavy atom. The van der Waals surface area contributed by atoms with Crippen molar-refractivity contribution in [2.75, 3.05) is 16.4 Å². The summed E-state index contributed by atoms with van der Waals surface area (Å²) in [5.41, 5.74) is 1.94. The van der Waals surface area contributed by atoms with Crippen molar-refractivity contribution in [3.63, 3.8) is 0 Å². The van der Waals surface area contributed by atoms with Crippen LogP contribution in [0.1, 0.15) is 12.8 Å². The second kappa shape index (κ2) is 9.47. The van der Waals surface area contributed by atoms with Crippen LogP contribution in [0.5, 0.6) is 11.6 Å². The minimum absolute atomic E-state index is 0.205. The van der Waals surface area contributed by atoms with Gasteiger partial charge in [0, 0.05) is 17.4 Å². The van der Waals surface area contributed by atoms with Gasteiger partial charge in [0.05, 0.1) is 16.2 Å². The Morgan fingerprint density at radius 3 is 2.66 bits per heavy atom. The van der Waals surface area contributed by atoms with Crippen LogP contribution in [0.4, 0.5) is 17.3 Å². The number of sulfone groups is 1. The average Bonchev–Trinajstić information content (AvgIpc) is 3.51. The summed E-state index contributed by atoms with van der Waals surface area (Å²) in [7, 11) is -3.27. The summed E-state index contributed by atoms with van der Waals surface area (Å²) in [4.78, 5) is 21.0. The molecule has 0 atom stereocenters. The minimum Gasteiger partial charge on any atom is -0.437 e. The number of fused-ring (bicyclic) bond motifs is 1. The molecule has 0 aliphatic heterocycles. The van der Waals surface area contributed by atoms with Gasteiger partial charge in [0.2, 0.25) is 17.7 Å². The highest BCUT2D eigenvalue weighted by Gasteiger charge is 2.29. The number of benzene rings is 2. The summed E-state index contributed by atoms with van der Waals surface area (Å²) >= 11 is 1.45. The Bertz CT molecular complexity index is 1510. The molecule has 0 bridgehead atoms. The molecule has 1 fully saturated rings. The zero-order valence-electron chi connectivity index (χ0n) is 18.6. The SMILES string of the molecule is C=CC(=O)Nc1cccc(Oc2nc(Nc3ccc(S(=O)(=O)CC4CC4)cc3)nc3ccsc23)c1. The van der Waals surface area contributed by atoms with Crippen molar-refractivity contribution < 1.29 is 17.9 Å². The molecule has 1 aliphatic carbocycles. The topological polar surface area (TPSA) is 110 Å². The molecule has 35 heavy (non-hydrogen) atoms. The van der Waals surface area contributed by atoms with Crippen molar-refractivity contribution in [1.29, 1.82) is 0 Å². The number of hydrogen-bond acceptors (Lipinski definition) is 8. The van der Waals surface area contributed by atoms with Crippen molar-refractivity contribution in [3.05, 3.63) is 72.6 Å². The van der Waals surface area contributed by atoms with Crippen molar-refractivity contribution >= 4 is 54.6 Å². The fourth-order valence-corrected chi connectivity index (χ4v) is 5.92. The molecule has 5 rings (SSSR count). The molecule has 0 saturated heterocycles. The molecule has 0 spiro atoms. The lowest BCUT2D eigenvalue weighted by Gasteiger charge is -2.11. The van der Waals surface area contributed by atoms with E-state index in [4.69, 9.17) is 4.74 Å². The van der Waals surface area contributed by atoms with E-state index in [1.807, 2.05) is 11.4 Å². The third kappa shape index (κ3) is 5.50. The quantitative estimate of drug-likeness (QED) is 0.287. The predicted molar refractivity (Wildman–Crippen MR) is 137 cm³/mol. The fourth-order valence-electron chi connectivity index (χ4n) is 3.47. The lowest BCUT2D eigenvalue weighted by molar-refractivity contribution is -0.111. The highest BCUT2D eigenvalue weighted by Crippen LogP contribution is 2.34.